The van der Waals surface area contributed by atoms with Gasteiger partial charge in [-0.25, -0.2) is 4.79 Å². The van der Waals surface area contributed by atoms with Gasteiger partial charge >= 0.3 is 6.09 Å². The highest BCUT2D eigenvalue weighted by molar-refractivity contribution is 5.86. The van der Waals surface area contributed by atoms with Crippen LogP contribution in [0.3, 0.4) is 0 Å². The Morgan fingerprint density at radius 3 is 2.94 bits per heavy atom. The first-order chi connectivity index (χ1) is 7.77. The number of hydrogen-bond acceptors (Lipinski definition) is 3. The summed E-state index contributed by atoms with van der Waals surface area (Å²) < 4.78 is 4.78. The van der Waals surface area contributed by atoms with Crippen molar-refractivity contribution in [3.05, 3.63) is 29.8 Å². The Labute approximate surface area is 94.8 Å². The number of carbonyl (C=O) groups excluding carboxylic acids is 1. The molecule has 0 saturated heterocycles. The Balaban J connectivity index is 2.82. The van der Waals surface area contributed by atoms with Gasteiger partial charge in [-0.2, -0.15) is 0 Å². The number of anilines is 1. The van der Waals surface area contributed by atoms with Gasteiger partial charge in [-0.3, -0.25) is 5.32 Å². The summed E-state index contributed by atoms with van der Waals surface area (Å²) in [6.45, 7) is 2.37. The van der Waals surface area contributed by atoms with Gasteiger partial charge in [-0.05, 0) is 19.1 Å². The number of para-hydroxylation sites is 1. The monoisotopic (exact) mass is 218 g/mol. The van der Waals surface area contributed by atoms with E-state index in [9.17, 15) is 4.79 Å². The summed E-state index contributed by atoms with van der Waals surface area (Å²) in [5.74, 6) is 5.61. The van der Waals surface area contributed by atoms with Gasteiger partial charge in [0.2, 0.25) is 0 Å². The topological polar surface area (TPSA) is 64.3 Å². The van der Waals surface area contributed by atoms with Crippen molar-refractivity contribution >= 4 is 11.8 Å². The maximum absolute atomic E-state index is 11.2. The first-order valence-electron chi connectivity index (χ1n) is 4.99. The zero-order chi connectivity index (χ0) is 11.8. The van der Waals surface area contributed by atoms with Gasteiger partial charge in [0.1, 0.15) is 0 Å². The maximum Gasteiger partial charge on any atom is 0.411 e. The Morgan fingerprint density at radius 1 is 1.50 bits per heavy atom. The molecule has 84 valence electrons. The standard InChI is InChI=1S/C12H14N2O2/c1-2-16-12(15)14-11-8-4-3-6-10(11)7-5-9-13/h3-4,6,8H,2,9,13H2,1H3,(H,14,15). The van der Waals surface area contributed by atoms with Crippen LogP contribution in [0.15, 0.2) is 24.3 Å². The van der Waals surface area contributed by atoms with E-state index in [0.717, 1.165) is 5.56 Å². The van der Waals surface area contributed by atoms with Crippen molar-refractivity contribution in [1.29, 1.82) is 0 Å². The van der Waals surface area contributed by atoms with Gasteiger partial charge in [0.25, 0.3) is 0 Å². The molecule has 1 amide bonds. The van der Waals surface area contributed by atoms with Crippen molar-refractivity contribution in [3.63, 3.8) is 0 Å². The minimum absolute atomic E-state index is 0.285. The Hall–Kier alpha value is -1.99. The number of nitrogens with one attached hydrogen (secondary N) is 1. The number of rotatable bonds is 2. The minimum atomic E-state index is -0.482. The molecule has 0 fully saturated rings. The predicted molar refractivity (Wildman–Crippen MR) is 63.0 cm³/mol. The van der Waals surface area contributed by atoms with Crippen LogP contribution in [0.4, 0.5) is 10.5 Å². The highest BCUT2D eigenvalue weighted by atomic mass is 16.5. The summed E-state index contributed by atoms with van der Waals surface area (Å²) in [5, 5.41) is 2.62. The molecule has 0 radical (unpaired) electrons. The van der Waals surface area contributed by atoms with Gasteiger partial charge in [0, 0.05) is 5.56 Å². The van der Waals surface area contributed by atoms with Gasteiger partial charge < -0.3 is 10.5 Å². The highest BCUT2D eigenvalue weighted by Crippen LogP contribution is 2.13. The van der Waals surface area contributed by atoms with Crippen LogP contribution in [0, 0.1) is 11.8 Å². The van der Waals surface area contributed by atoms with Crippen LogP contribution in [0.25, 0.3) is 0 Å². The summed E-state index contributed by atoms with van der Waals surface area (Å²) in [6.07, 6.45) is -0.482. The summed E-state index contributed by atoms with van der Waals surface area (Å²) >= 11 is 0. The molecular formula is C12H14N2O2. The molecule has 1 rings (SSSR count). The smallest absolute Gasteiger partial charge is 0.411 e. The van der Waals surface area contributed by atoms with Crippen LogP contribution in [0.1, 0.15) is 12.5 Å². The summed E-state index contributed by atoms with van der Waals surface area (Å²) in [7, 11) is 0. The number of nitrogens with two attached hydrogens (primary N) is 1. The summed E-state index contributed by atoms with van der Waals surface area (Å²) in [6, 6.07) is 7.23. The lowest BCUT2D eigenvalue weighted by Gasteiger charge is -2.06. The third kappa shape index (κ3) is 3.64. The molecule has 4 heteroatoms. The number of amides is 1. The fourth-order valence-corrected chi connectivity index (χ4v) is 1.12. The molecule has 0 unspecified atom stereocenters. The molecule has 0 aliphatic rings. The van der Waals surface area contributed by atoms with E-state index in [2.05, 4.69) is 17.2 Å². The van der Waals surface area contributed by atoms with Gasteiger partial charge in [-0.15, -0.1) is 0 Å². The second kappa shape index (κ2) is 6.49. The molecule has 0 bridgehead atoms. The zero-order valence-electron chi connectivity index (χ0n) is 9.12. The average Bonchev–Trinajstić information content (AvgIpc) is 2.28. The van der Waals surface area contributed by atoms with Crippen molar-refractivity contribution in [2.45, 2.75) is 6.92 Å². The molecule has 0 spiro atoms. The highest BCUT2D eigenvalue weighted by Gasteiger charge is 2.04. The van der Waals surface area contributed by atoms with Crippen LogP contribution in [0.2, 0.25) is 0 Å². The van der Waals surface area contributed by atoms with Crippen LogP contribution >= 0.6 is 0 Å². The molecule has 0 atom stereocenters. The van der Waals surface area contributed by atoms with E-state index >= 15 is 0 Å². The molecule has 1 aromatic carbocycles. The largest absolute Gasteiger partial charge is 0.450 e. The van der Waals surface area contributed by atoms with E-state index in [1.807, 2.05) is 18.2 Å². The first-order valence-corrected chi connectivity index (χ1v) is 4.99. The molecule has 16 heavy (non-hydrogen) atoms. The first kappa shape index (κ1) is 12.1. The SMILES string of the molecule is CCOC(=O)Nc1ccccc1C#CCN. The average molecular weight is 218 g/mol. The van der Waals surface area contributed by atoms with Gasteiger partial charge in [0.15, 0.2) is 0 Å². The molecule has 0 aliphatic heterocycles. The van der Waals surface area contributed by atoms with E-state index < -0.39 is 6.09 Å². The zero-order valence-corrected chi connectivity index (χ0v) is 9.12. The van der Waals surface area contributed by atoms with Crippen LogP contribution in [-0.4, -0.2) is 19.2 Å². The number of hydrogen-bond donors (Lipinski definition) is 2. The minimum Gasteiger partial charge on any atom is -0.450 e. The van der Waals surface area contributed by atoms with Crippen molar-refractivity contribution in [2.75, 3.05) is 18.5 Å². The fraction of sp³-hybridized carbons (Fsp3) is 0.250. The van der Waals surface area contributed by atoms with Crippen LogP contribution < -0.4 is 11.1 Å². The van der Waals surface area contributed by atoms with E-state index in [-0.39, 0.29) is 6.54 Å². The van der Waals surface area contributed by atoms with E-state index in [1.54, 1.807) is 13.0 Å². The Kier molecular flexibility index (Phi) is 4.90. The van der Waals surface area contributed by atoms with Crippen molar-refractivity contribution < 1.29 is 9.53 Å². The normalized spacial score (nSPS) is 8.88. The summed E-state index contributed by atoms with van der Waals surface area (Å²) in [5.41, 5.74) is 6.64. The third-order valence-electron chi connectivity index (χ3n) is 1.76. The van der Waals surface area contributed by atoms with E-state index in [1.165, 1.54) is 0 Å². The molecule has 3 N–H and O–H groups in total. The molecule has 0 aliphatic carbocycles. The van der Waals surface area contributed by atoms with Crippen molar-refractivity contribution in [3.8, 4) is 11.8 Å². The van der Waals surface area contributed by atoms with E-state index in [4.69, 9.17) is 10.5 Å². The van der Waals surface area contributed by atoms with Crippen LogP contribution in [0.5, 0.6) is 0 Å². The number of ether oxygens (including phenoxy) is 1. The molecule has 0 aromatic heterocycles. The van der Waals surface area contributed by atoms with Crippen LogP contribution in [-0.2, 0) is 4.74 Å². The maximum atomic E-state index is 11.2. The lowest BCUT2D eigenvalue weighted by Crippen LogP contribution is -2.14. The van der Waals surface area contributed by atoms with Gasteiger partial charge in [0.05, 0.1) is 18.8 Å². The van der Waals surface area contributed by atoms with E-state index in [0.29, 0.717) is 12.3 Å². The quantitative estimate of drug-likeness (QED) is 0.740. The second-order valence-corrected chi connectivity index (χ2v) is 2.90. The predicted octanol–water partition coefficient (Wildman–Crippen LogP) is 1.57. The number of benzene rings is 1. The van der Waals surface area contributed by atoms with Crippen molar-refractivity contribution in [1.82, 2.24) is 0 Å². The second-order valence-electron chi connectivity index (χ2n) is 2.90. The fourth-order valence-electron chi connectivity index (χ4n) is 1.12. The lowest BCUT2D eigenvalue weighted by atomic mass is 10.2. The molecular weight excluding hydrogens is 204 g/mol. The van der Waals surface area contributed by atoms with Crippen molar-refractivity contribution in [2.24, 2.45) is 5.73 Å². The number of carbonyl (C=O) groups is 1. The molecule has 4 nitrogen and oxygen atoms in total. The molecule has 0 heterocycles. The third-order valence-corrected chi connectivity index (χ3v) is 1.76. The van der Waals surface area contributed by atoms with Gasteiger partial charge in [-0.1, -0.05) is 24.0 Å². The summed E-state index contributed by atoms with van der Waals surface area (Å²) in [4.78, 5) is 11.2. The molecule has 0 saturated carbocycles. The Bertz CT molecular complexity index is 419. The molecule has 1 aromatic rings. The Morgan fingerprint density at radius 2 is 2.25 bits per heavy atom. The lowest BCUT2D eigenvalue weighted by molar-refractivity contribution is 0.168.